The second-order valence-corrected chi connectivity index (χ2v) is 9.06. The van der Waals surface area contributed by atoms with E-state index in [9.17, 15) is 14.7 Å². The van der Waals surface area contributed by atoms with E-state index in [-0.39, 0.29) is 23.5 Å². The molecule has 2 fully saturated rings. The van der Waals surface area contributed by atoms with Gasteiger partial charge >= 0.3 is 11.9 Å². The Morgan fingerprint density at radius 3 is 2.79 bits per heavy atom. The van der Waals surface area contributed by atoms with Gasteiger partial charge in [-0.15, -0.1) is 0 Å². The summed E-state index contributed by atoms with van der Waals surface area (Å²) in [6.07, 6.45) is 6.10. The molecule has 0 radical (unpaired) electrons. The minimum atomic E-state index is -0.891. The maximum atomic E-state index is 12.3. The summed E-state index contributed by atoms with van der Waals surface area (Å²) in [6.45, 7) is 11.1. The number of rotatable bonds is 1. The molecular weight excluding hydrogens is 360 g/mol. The van der Waals surface area contributed by atoms with E-state index < -0.39 is 29.7 Å². The van der Waals surface area contributed by atoms with Crippen molar-refractivity contribution in [1.29, 1.82) is 0 Å². The molecule has 1 aliphatic carbocycles. The SMILES string of the molecule is C=C1C(=O)O[C@H]2[C@H](OC(C)=O)[C@@H](C)CCC[C@](C)(O)/C=C\C[C@@]3(C)O[C@H]3C[C@@H]12. The number of aliphatic hydroxyl groups is 1. The summed E-state index contributed by atoms with van der Waals surface area (Å²) in [7, 11) is 0. The normalized spacial score (nSPS) is 45.2. The molecule has 0 amide bonds. The van der Waals surface area contributed by atoms with Gasteiger partial charge in [0.15, 0.2) is 0 Å². The largest absolute Gasteiger partial charge is 0.458 e. The highest BCUT2D eigenvalue weighted by molar-refractivity contribution is 5.91. The number of hydrogen-bond acceptors (Lipinski definition) is 6. The highest BCUT2D eigenvalue weighted by Crippen LogP contribution is 2.47. The van der Waals surface area contributed by atoms with Crippen molar-refractivity contribution in [2.24, 2.45) is 11.8 Å². The first-order valence-electron chi connectivity index (χ1n) is 10.2. The molecule has 0 spiro atoms. The zero-order valence-electron chi connectivity index (χ0n) is 17.3. The van der Waals surface area contributed by atoms with Gasteiger partial charge in [0, 0.05) is 18.4 Å². The fourth-order valence-electron chi connectivity index (χ4n) is 4.48. The Kier molecular flexibility index (Phi) is 5.74. The van der Waals surface area contributed by atoms with Crippen LogP contribution in [-0.4, -0.2) is 46.6 Å². The van der Waals surface area contributed by atoms with Crippen molar-refractivity contribution in [2.75, 3.05) is 0 Å². The van der Waals surface area contributed by atoms with E-state index >= 15 is 0 Å². The van der Waals surface area contributed by atoms with Crippen LogP contribution in [0.1, 0.15) is 59.8 Å². The Hall–Kier alpha value is -1.66. The standard InChI is InChI=1S/C22H32O6/c1-13-8-6-9-21(4,25)10-7-11-22(5)17(28-22)12-16-14(2)20(24)27-19(16)18(13)26-15(3)23/h7,10,13,16-19,25H,2,6,8-9,11-12H2,1,3-5H3/b10-7-/t13-,16-,17-,18+,19+,21-,22+/m0/s1. The summed E-state index contributed by atoms with van der Waals surface area (Å²) in [5.41, 5.74) is -0.786. The van der Waals surface area contributed by atoms with Crippen LogP contribution in [0.2, 0.25) is 0 Å². The van der Waals surface area contributed by atoms with Gasteiger partial charge in [0.2, 0.25) is 0 Å². The van der Waals surface area contributed by atoms with E-state index in [1.807, 2.05) is 26.0 Å². The minimum absolute atomic E-state index is 0.0238. The lowest BCUT2D eigenvalue weighted by atomic mass is 9.81. The molecule has 3 rings (SSSR count). The van der Waals surface area contributed by atoms with Crippen LogP contribution in [0.5, 0.6) is 0 Å². The van der Waals surface area contributed by atoms with Gasteiger partial charge in [-0.05, 0) is 51.9 Å². The summed E-state index contributed by atoms with van der Waals surface area (Å²) >= 11 is 0. The summed E-state index contributed by atoms with van der Waals surface area (Å²) < 4.78 is 17.2. The Labute approximate surface area is 166 Å². The molecule has 0 saturated carbocycles. The van der Waals surface area contributed by atoms with Crippen molar-refractivity contribution in [3.8, 4) is 0 Å². The molecule has 0 aromatic heterocycles. The molecule has 2 aliphatic heterocycles. The monoisotopic (exact) mass is 392 g/mol. The second kappa shape index (κ2) is 7.64. The third-order valence-corrected chi connectivity index (χ3v) is 6.38. The van der Waals surface area contributed by atoms with Crippen LogP contribution in [0.3, 0.4) is 0 Å². The highest BCUT2D eigenvalue weighted by atomic mass is 16.6. The first-order chi connectivity index (χ1) is 13.0. The van der Waals surface area contributed by atoms with Crippen LogP contribution in [-0.2, 0) is 23.8 Å². The van der Waals surface area contributed by atoms with Crippen molar-refractivity contribution in [3.05, 3.63) is 24.3 Å². The van der Waals surface area contributed by atoms with Crippen molar-refractivity contribution in [2.45, 2.75) is 89.3 Å². The van der Waals surface area contributed by atoms with Gasteiger partial charge in [-0.25, -0.2) is 4.79 Å². The molecular formula is C22H32O6. The molecule has 156 valence electrons. The number of epoxide rings is 1. The summed E-state index contributed by atoms with van der Waals surface area (Å²) in [6, 6.07) is 0. The minimum Gasteiger partial charge on any atom is -0.458 e. The molecule has 2 heterocycles. The molecule has 0 bridgehead atoms. The van der Waals surface area contributed by atoms with E-state index in [4.69, 9.17) is 14.2 Å². The number of ether oxygens (including phenoxy) is 3. The highest BCUT2D eigenvalue weighted by Gasteiger charge is 2.56. The van der Waals surface area contributed by atoms with Gasteiger partial charge in [-0.2, -0.15) is 0 Å². The molecule has 2 saturated heterocycles. The average Bonchev–Trinajstić information content (AvgIpc) is 3.13. The van der Waals surface area contributed by atoms with E-state index in [1.54, 1.807) is 6.92 Å². The topological polar surface area (TPSA) is 85.4 Å². The van der Waals surface area contributed by atoms with Crippen molar-refractivity contribution < 1.29 is 28.9 Å². The number of esters is 2. The second-order valence-electron chi connectivity index (χ2n) is 9.06. The predicted octanol–water partition coefficient (Wildman–Crippen LogP) is 3.08. The maximum absolute atomic E-state index is 12.3. The van der Waals surface area contributed by atoms with E-state index in [0.29, 0.717) is 24.8 Å². The van der Waals surface area contributed by atoms with Crippen molar-refractivity contribution >= 4 is 11.9 Å². The lowest BCUT2D eigenvalue weighted by Gasteiger charge is -2.31. The molecule has 7 atom stereocenters. The summed E-state index contributed by atoms with van der Waals surface area (Å²) in [4.78, 5) is 24.0. The van der Waals surface area contributed by atoms with Gasteiger partial charge in [0.1, 0.15) is 12.2 Å². The van der Waals surface area contributed by atoms with E-state index in [2.05, 4.69) is 6.58 Å². The molecule has 0 unspecified atom stereocenters. The van der Waals surface area contributed by atoms with Crippen LogP contribution in [0, 0.1) is 11.8 Å². The molecule has 6 heteroatoms. The maximum Gasteiger partial charge on any atom is 0.334 e. The number of hydrogen-bond donors (Lipinski definition) is 1. The van der Waals surface area contributed by atoms with Gasteiger partial charge in [-0.1, -0.05) is 25.7 Å². The van der Waals surface area contributed by atoms with Crippen LogP contribution in [0.4, 0.5) is 0 Å². The predicted molar refractivity (Wildman–Crippen MR) is 103 cm³/mol. The molecule has 1 N–H and O–H groups in total. The summed E-state index contributed by atoms with van der Waals surface area (Å²) in [5, 5.41) is 10.6. The third-order valence-electron chi connectivity index (χ3n) is 6.38. The van der Waals surface area contributed by atoms with Gasteiger partial charge in [-0.3, -0.25) is 4.79 Å². The van der Waals surface area contributed by atoms with Crippen molar-refractivity contribution in [1.82, 2.24) is 0 Å². The first kappa shape index (κ1) is 21.1. The Bertz CT molecular complexity index is 681. The van der Waals surface area contributed by atoms with Gasteiger partial charge < -0.3 is 19.3 Å². The van der Waals surface area contributed by atoms with Gasteiger partial charge in [0.05, 0.1) is 17.3 Å². The fourth-order valence-corrected chi connectivity index (χ4v) is 4.48. The fraction of sp³-hybridized carbons (Fsp3) is 0.727. The Balaban J connectivity index is 1.89. The lowest BCUT2D eigenvalue weighted by Crippen LogP contribution is -2.40. The molecule has 0 aromatic carbocycles. The number of fused-ring (bicyclic) bond motifs is 2. The zero-order valence-corrected chi connectivity index (χ0v) is 17.3. The lowest BCUT2D eigenvalue weighted by molar-refractivity contribution is -0.165. The summed E-state index contributed by atoms with van der Waals surface area (Å²) in [5.74, 6) is -1.08. The molecule has 6 nitrogen and oxygen atoms in total. The van der Waals surface area contributed by atoms with E-state index in [1.165, 1.54) is 6.92 Å². The Morgan fingerprint density at radius 2 is 2.11 bits per heavy atom. The van der Waals surface area contributed by atoms with Crippen LogP contribution in [0.25, 0.3) is 0 Å². The van der Waals surface area contributed by atoms with Crippen molar-refractivity contribution in [3.63, 3.8) is 0 Å². The van der Waals surface area contributed by atoms with Gasteiger partial charge in [0.25, 0.3) is 0 Å². The number of carbonyl (C=O) groups is 2. The van der Waals surface area contributed by atoms with Crippen LogP contribution in [0.15, 0.2) is 24.3 Å². The molecule has 3 aliphatic rings. The smallest absolute Gasteiger partial charge is 0.334 e. The number of carbonyl (C=O) groups excluding carboxylic acids is 2. The van der Waals surface area contributed by atoms with E-state index in [0.717, 1.165) is 12.8 Å². The quantitative estimate of drug-likeness (QED) is 0.319. The third kappa shape index (κ3) is 4.49. The Morgan fingerprint density at radius 1 is 1.39 bits per heavy atom. The molecule has 0 aromatic rings. The van der Waals surface area contributed by atoms with Crippen LogP contribution < -0.4 is 0 Å². The molecule has 28 heavy (non-hydrogen) atoms. The zero-order chi connectivity index (χ0) is 20.7. The average molecular weight is 392 g/mol. The first-order valence-corrected chi connectivity index (χ1v) is 10.2. The van der Waals surface area contributed by atoms with Crippen LogP contribution >= 0.6 is 0 Å².